The quantitative estimate of drug-likeness (QED) is 0.416. The molecular weight excluding hydrogens is 392 g/mol. The number of aryl methyl sites for hydroxylation is 1. The fourth-order valence-electron chi connectivity index (χ4n) is 5.12. The number of thiophene rings is 1. The molecule has 1 aromatic carbocycles. The van der Waals surface area contributed by atoms with Gasteiger partial charge in [0.1, 0.15) is 4.83 Å². The number of hydrogen-bond acceptors (Lipinski definition) is 5. The standard InChI is InChI=1S/C24H26N4OS/c1-14-9-11-27(12-10-14)22-17-6-4-3-5-16(17)21-25-23-20(24(29)28(21)26-22)18-8-7-15(2)13-19(18)30-23/h3-6,14-15H,7-13H2,1-2H3/t15-/m0/s1. The maximum atomic E-state index is 13.7. The number of benzene rings is 1. The van der Waals surface area contributed by atoms with Crippen molar-refractivity contribution < 1.29 is 0 Å². The summed E-state index contributed by atoms with van der Waals surface area (Å²) in [6.07, 6.45) is 5.50. The maximum Gasteiger partial charge on any atom is 0.283 e. The van der Waals surface area contributed by atoms with E-state index >= 15 is 0 Å². The van der Waals surface area contributed by atoms with Crippen molar-refractivity contribution in [3.05, 3.63) is 45.1 Å². The minimum absolute atomic E-state index is 0.000524. The Balaban J connectivity index is 1.65. The highest BCUT2D eigenvalue weighted by molar-refractivity contribution is 7.18. The fourth-order valence-corrected chi connectivity index (χ4v) is 6.50. The first-order chi connectivity index (χ1) is 14.6. The number of anilines is 1. The molecule has 3 aromatic heterocycles. The van der Waals surface area contributed by atoms with E-state index in [0.717, 1.165) is 77.9 Å². The van der Waals surface area contributed by atoms with Crippen molar-refractivity contribution in [2.75, 3.05) is 18.0 Å². The number of fused-ring (bicyclic) bond motifs is 6. The molecule has 0 unspecified atom stereocenters. The van der Waals surface area contributed by atoms with Crippen LogP contribution in [0.4, 0.5) is 5.82 Å². The van der Waals surface area contributed by atoms with Crippen molar-refractivity contribution in [2.24, 2.45) is 11.8 Å². The van der Waals surface area contributed by atoms with Gasteiger partial charge in [0.25, 0.3) is 5.56 Å². The van der Waals surface area contributed by atoms with E-state index in [1.54, 1.807) is 15.9 Å². The molecule has 0 spiro atoms. The summed E-state index contributed by atoms with van der Waals surface area (Å²) in [5.74, 6) is 2.34. The minimum atomic E-state index is -0.000524. The predicted octanol–water partition coefficient (Wildman–Crippen LogP) is 4.82. The Morgan fingerprint density at radius 1 is 1.03 bits per heavy atom. The van der Waals surface area contributed by atoms with Crippen LogP contribution in [0.1, 0.15) is 43.6 Å². The second-order valence-electron chi connectivity index (χ2n) is 9.22. The van der Waals surface area contributed by atoms with Gasteiger partial charge < -0.3 is 4.90 Å². The summed E-state index contributed by atoms with van der Waals surface area (Å²) in [5.41, 5.74) is 1.91. The molecule has 0 saturated carbocycles. The van der Waals surface area contributed by atoms with Gasteiger partial charge in [-0.3, -0.25) is 4.79 Å². The molecule has 1 aliphatic carbocycles. The molecule has 0 amide bonds. The highest BCUT2D eigenvalue weighted by Crippen LogP contribution is 2.37. The molecule has 4 heterocycles. The first-order valence-corrected chi connectivity index (χ1v) is 11.9. The Kier molecular flexibility index (Phi) is 4.13. The van der Waals surface area contributed by atoms with E-state index in [0.29, 0.717) is 11.6 Å². The van der Waals surface area contributed by atoms with Gasteiger partial charge in [-0.2, -0.15) is 4.52 Å². The van der Waals surface area contributed by atoms with Crippen molar-refractivity contribution in [2.45, 2.75) is 46.0 Å². The molecule has 2 aliphatic rings. The average molecular weight is 419 g/mol. The van der Waals surface area contributed by atoms with Crippen molar-refractivity contribution in [3.63, 3.8) is 0 Å². The Morgan fingerprint density at radius 2 is 1.80 bits per heavy atom. The first kappa shape index (κ1) is 18.3. The lowest BCUT2D eigenvalue weighted by Crippen LogP contribution is -2.34. The molecule has 1 saturated heterocycles. The average Bonchev–Trinajstić information content (AvgIpc) is 3.12. The molecule has 6 heteroatoms. The smallest absolute Gasteiger partial charge is 0.283 e. The molecule has 6 rings (SSSR count). The molecule has 1 aliphatic heterocycles. The van der Waals surface area contributed by atoms with Crippen LogP contribution in [0.15, 0.2) is 29.1 Å². The summed E-state index contributed by atoms with van der Waals surface area (Å²) in [6, 6.07) is 8.28. The molecule has 5 nitrogen and oxygen atoms in total. The van der Waals surface area contributed by atoms with Crippen molar-refractivity contribution >= 4 is 43.8 Å². The van der Waals surface area contributed by atoms with Crippen molar-refractivity contribution in [1.29, 1.82) is 0 Å². The lowest BCUT2D eigenvalue weighted by atomic mass is 9.89. The van der Waals surface area contributed by atoms with E-state index < -0.39 is 0 Å². The predicted molar refractivity (Wildman–Crippen MR) is 124 cm³/mol. The largest absolute Gasteiger partial charge is 0.355 e. The maximum absolute atomic E-state index is 13.7. The molecule has 1 atom stereocenters. The van der Waals surface area contributed by atoms with E-state index in [2.05, 4.69) is 36.9 Å². The summed E-state index contributed by atoms with van der Waals surface area (Å²) in [7, 11) is 0. The van der Waals surface area contributed by atoms with E-state index in [9.17, 15) is 4.79 Å². The number of nitrogens with zero attached hydrogens (tertiary/aromatic N) is 4. The van der Waals surface area contributed by atoms with Crippen LogP contribution >= 0.6 is 11.3 Å². The van der Waals surface area contributed by atoms with Gasteiger partial charge >= 0.3 is 0 Å². The highest BCUT2D eigenvalue weighted by atomic mass is 32.1. The van der Waals surface area contributed by atoms with Crippen LogP contribution < -0.4 is 10.5 Å². The van der Waals surface area contributed by atoms with E-state index in [-0.39, 0.29) is 5.56 Å². The van der Waals surface area contributed by atoms with E-state index in [4.69, 9.17) is 10.1 Å². The van der Waals surface area contributed by atoms with Gasteiger partial charge in [0.05, 0.1) is 5.39 Å². The SMILES string of the molecule is CC1CCN(c2nn3c(=O)c4c5c(sc4nc3c3ccccc23)C[C@@H](C)CC5)CC1. The van der Waals surface area contributed by atoms with Gasteiger partial charge in [-0.05, 0) is 49.5 Å². The van der Waals surface area contributed by atoms with Crippen molar-refractivity contribution in [1.82, 2.24) is 14.6 Å². The second kappa shape index (κ2) is 6.77. The van der Waals surface area contributed by atoms with Gasteiger partial charge in [0.15, 0.2) is 11.5 Å². The van der Waals surface area contributed by atoms with Crippen LogP contribution in [-0.4, -0.2) is 27.7 Å². The summed E-state index contributed by atoms with van der Waals surface area (Å²) in [4.78, 5) is 23.3. The summed E-state index contributed by atoms with van der Waals surface area (Å²) < 4.78 is 1.59. The second-order valence-corrected chi connectivity index (χ2v) is 10.3. The van der Waals surface area contributed by atoms with Crippen LogP contribution in [0.2, 0.25) is 0 Å². The van der Waals surface area contributed by atoms with Crippen LogP contribution in [0.5, 0.6) is 0 Å². The third-order valence-electron chi connectivity index (χ3n) is 6.99. The third kappa shape index (κ3) is 2.69. The number of aromatic nitrogens is 3. The fraction of sp³-hybridized carbons (Fsp3) is 0.458. The molecule has 0 radical (unpaired) electrons. The topological polar surface area (TPSA) is 50.5 Å². The lowest BCUT2D eigenvalue weighted by Gasteiger charge is -2.31. The molecule has 30 heavy (non-hydrogen) atoms. The van der Waals surface area contributed by atoms with Gasteiger partial charge in [0, 0.05) is 28.7 Å². The van der Waals surface area contributed by atoms with Crippen LogP contribution in [0, 0.1) is 11.8 Å². The van der Waals surface area contributed by atoms with E-state index in [1.165, 1.54) is 10.4 Å². The molecule has 0 N–H and O–H groups in total. The molecule has 1 fully saturated rings. The Hall–Kier alpha value is -2.47. The zero-order valence-corrected chi connectivity index (χ0v) is 18.3. The monoisotopic (exact) mass is 418 g/mol. The molecular formula is C24H26N4OS. The third-order valence-corrected chi connectivity index (χ3v) is 8.14. The lowest BCUT2D eigenvalue weighted by molar-refractivity contribution is 0.436. The first-order valence-electron chi connectivity index (χ1n) is 11.1. The molecule has 4 aromatic rings. The minimum Gasteiger partial charge on any atom is -0.355 e. The van der Waals surface area contributed by atoms with Gasteiger partial charge in [-0.1, -0.05) is 38.1 Å². The summed E-state index contributed by atoms with van der Waals surface area (Å²) in [5, 5.41) is 7.83. The summed E-state index contributed by atoms with van der Waals surface area (Å²) >= 11 is 1.71. The number of hydrogen-bond donors (Lipinski definition) is 0. The van der Waals surface area contributed by atoms with E-state index in [1.807, 2.05) is 6.07 Å². The Bertz CT molecular complexity index is 1350. The highest BCUT2D eigenvalue weighted by Gasteiger charge is 2.26. The van der Waals surface area contributed by atoms with Crippen LogP contribution in [-0.2, 0) is 12.8 Å². The zero-order chi connectivity index (χ0) is 20.4. The van der Waals surface area contributed by atoms with Gasteiger partial charge in [-0.15, -0.1) is 16.4 Å². The normalized spacial score (nSPS) is 20.3. The zero-order valence-electron chi connectivity index (χ0n) is 17.5. The Morgan fingerprint density at radius 3 is 2.60 bits per heavy atom. The van der Waals surface area contributed by atoms with Crippen molar-refractivity contribution in [3.8, 4) is 0 Å². The number of piperidine rings is 1. The van der Waals surface area contributed by atoms with Crippen LogP contribution in [0.25, 0.3) is 26.6 Å². The van der Waals surface area contributed by atoms with Gasteiger partial charge in [0.2, 0.25) is 0 Å². The molecule has 154 valence electrons. The van der Waals surface area contributed by atoms with Gasteiger partial charge in [-0.25, -0.2) is 4.98 Å². The van der Waals surface area contributed by atoms with Crippen LogP contribution in [0.3, 0.4) is 0 Å². The number of rotatable bonds is 1. The molecule has 0 bridgehead atoms. The summed E-state index contributed by atoms with van der Waals surface area (Å²) in [6.45, 7) is 6.58. The Labute approximate surface area is 179 Å².